The van der Waals surface area contributed by atoms with Crippen LogP contribution < -0.4 is 31.5 Å². The lowest BCUT2D eigenvalue weighted by molar-refractivity contribution is 0.0398. The lowest BCUT2D eigenvalue weighted by atomic mass is 9.96. The Morgan fingerprint density at radius 2 is 1.58 bits per heavy atom. The fourth-order valence-electron chi connectivity index (χ4n) is 8.23. The number of nitrogens with two attached hydrogens (primary N) is 1. The van der Waals surface area contributed by atoms with Crippen molar-refractivity contribution in [2.45, 2.75) is 56.8 Å². The highest BCUT2D eigenvalue weighted by Crippen LogP contribution is 2.38. The molecule has 3 amide bonds. The number of rotatable bonds is 12. The minimum atomic E-state index is -0.533. The van der Waals surface area contributed by atoms with E-state index in [9.17, 15) is 14.4 Å². The number of piperazine rings is 1. The first-order valence-electron chi connectivity index (χ1n) is 19.1. The number of primary amides is 1. The normalized spacial score (nSPS) is 22.6. The molecule has 7 rings (SSSR count). The van der Waals surface area contributed by atoms with E-state index in [0.717, 1.165) is 96.1 Å². The lowest BCUT2D eigenvalue weighted by Gasteiger charge is -2.40. The van der Waals surface area contributed by atoms with Gasteiger partial charge in [0.2, 0.25) is 0 Å². The third-order valence-corrected chi connectivity index (χ3v) is 11.3. The van der Waals surface area contributed by atoms with Crippen molar-refractivity contribution in [1.29, 1.82) is 0 Å². The molecule has 4 fully saturated rings. The minimum absolute atomic E-state index is 0.0203. The molecule has 5 heterocycles. The highest BCUT2D eigenvalue weighted by Gasteiger charge is 2.42. The molecule has 1 aromatic heterocycles. The lowest BCUT2D eigenvalue weighted by Crippen LogP contribution is -2.50. The van der Waals surface area contributed by atoms with Crippen LogP contribution in [0.2, 0.25) is 0 Å². The predicted octanol–water partition coefficient (Wildman–Crippen LogP) is 3.10. The molecular weight excluding hydrogens is 670 g/mol. The molecular formula is C40H53N9O4. The van der Waals surface area contributed by atoms with Crippen LogP contribution in [0.1, 0.15) is 75.3 Å². The highest BCUT2D eigenvalue weighted by atomic mass is 16.5. The number of aromatic nitrogens is 1. The Morgan fingerprint density at radius 3 is 2.25 bits per heavy atom. The van der Waals surface area contributed by atoms with E-state index in [1.807, 2.05) is 19.1 Å². The monoisotopic (exact) mass is 723 g/mol. The number of nitrogens with zero attached hydrogens (tertiary/aromatic N) is 5. The van der Waals surface area contributed by atoms with Gasteiger partial charge in [-0.25, -0.2) is 4.98 Å². The topological polar surface area (TPSA) is 148 Å². The molecule has 2 bridgehead atoms. The summed E-state index contributed by atoms with van der Waals surface area (Å²) in [6.07, 6.45) is 5.33. The first-order chi connectivity index (χ1) is 25.7. The van der Waals surface area contributed by atoms with E-state index in [4.69, 9.17) is 15.5 Å². The van der Waals surface area contributed by atoms with Crippen molar-refractivity contribution in [1.82, 2.24) is 25.4 Å². The van der Waals surface area contributed by atoms with Gasteiger partial charge in [-0.3, -0.25) is 19.3 Å². The molecule has 2 aromatic carbocycles. The number of anilines is 3. The summed E-state index contributed by atoms with van der Waals surface area (Å²) in [5.41, 5.74) is 9.89. The molecule has 4 saturated heterocycles. The summed E-state index contributed by atoms with van der Waals surface area (Å²) < 4.78 is 5.43. The summed E-state index contributed by atoms with van der Waals surface area (Å²) >= 11 is 0. The van der Waals surface area contributed by atoms with Crippen LogP contribution in [0.5, 0.6) is 0 Å². The maximum Gasteiger partial charge on any atom is 0.253 e. The Morgan fingerprint density at radius 1 is 0.887 bits per heavy atom. The van der Waals surface area contributed by atoms with E-state index in [1.165, 1.54) is 5.69 Å². The second-order valence-corrected chi connectivity index (χ2v) is 14.9. The van der Waals surface area contributed by atoms with Crippen LogP contribution >= 0.6 is 0 Å². The van der Waals surface area contributed by atoms with Gasteiger partial charge >= 0.3 is 0 Å². The fourth-order valence-corrected chi connectivity index (χ4v) is 8.23. The predicted molar refractivity (Wildman–Crippen MR) is 207 cm³/mol. The summed E-state index contributed by atoms with van der Waals surface area (Å²) in [6.45, 7) is 10.8. The third-order valence-electron chi connectivity index (χ3n) is 11.3. The summed E-state index contributed by atoms with van der Waals surface area (Å²) in [7, 11) is 2.16. The second-order valence-electron chi connectivity index (χ2n) is 14.9. The number of nitrogens with one attached hydrogen (secondary N) is 3. The van der Waals surface area contributed by atoms with Gasteiger partial charge in [-0.05, 0) is 87.7 Å². The highest BCUT2D eigenvalue weighted by molar-refractivity contribution is 6.02. The zero-order chi connectivity index (χ0) is 36.9. The summed E-state index contributed by atoms with van der Waals surface area (Å²) in [6, 6.07) is 17.7. The Balaban J connectivity index is 0.914. The average Bonchev–Trinajstić information content (AvgIpc) is 3.44. The van der Waals surface area contributed by atoms with Crippen molar-refractivity contribution in [3.05, 3.63) is 83.0 Å². The third kappa shape index (κ3) is 8.75. The molecule has 5 N–H and O–H groups in total. The van der Waals surface area contributed by atoms with E-state index < -0.39 is 5.91 Å². The van der Waals surface area contributed by atoms with Crippen molar-refractivity contribution in [2.24, 2.45) is 5.73 Å². The van der Waals surface area contributed by atoms with Crippen molar-refractivity contribution in [2.75, 3.05) is 87.7 Å². The number of amides is 3. The van der Waals surface area contributed by atoms with E-state index in [2.05, 4.69) is 66.9 Å². The average molecular weight is 724 g/mol. The molecule has 13 heteroatoms. The van der Waals surface area contributed by atoms with Crippen molar-refractivity contribution < 1.29 is 19.1 Å². The number of morpholine rings is 1. The maximum absolute atomic E-state index is 13.5. The van der Waals surface area contributed by atoms with Crippen molar-refractivity contribution in [3.63, 3.8) is 0 Å². The second kappa shape index (κ2) is 16.5. The van der Waals surface area contributed by atoms with Crippen LogP contribution in [0.3, 0.4) is 0 Å². The van der Waals surface area contributed by atoms with Crippen LogP contribution in [-0.4, -0.2) is 123 Å². The number of piperidine rings is 1. The molecule has 4 aliphatic heterocycles. The largest absolute Gasteiger partial charge is 0.383 e. The molecule has 0 radical (unpaired) electrons. The first-order valence-corrected chi connectivity index (χ1v) is 19.1. The minimum Gasteiger partial charge on any atom is -0.383 e. The number of fused-ring (bicyclic) bond motifs is 2. The van der Waals surface area contributed by atoms with Gasteiger partial charge in [0.25, 0.3) is 17.7 Å². The Kier molecular flexibility index (Phi) is 11.4. The van der Waals surface area contributed by atoms with Crippen LogP contribution in [0.15, 0.2) is 60.8 Å². The van der Waals surface area contributed by atoms with Gasteiger partial charge in [0, 0.05) is 93.6 Å². The van der Waals surface area contributed by atoms with Gasteiger partial charge in [-0.2, -0.15) is 0 Å². The standard InChI is InChI=1S/C40H53N9O4/c1-27(28-3-7-32(8-4-28)48-17-15-46(2)16-18-48)44-40(52)30-6-12-37(43-26-30)49-33-9-10-34(49)25-31(24-33)45-39(51)29-5-11-35(38(41)50)36(23-29)42-13-14-47-19-21-53-22-20-47/h3-8,11-12,23,26-27,31,33-34,42H,9-10,13-22,24-25H2,1-2H3,(H2,41,50)(H,44,52)(H,45,51)/t27-,31?,33-,34+/m0/s1. The number of pyridine rings is 1. The number of hydrogen-bond donors (Lipinski definition) is 4. The number of hydrogen-bond acceptors (Lipinski definition) is 10. The van der Waals surface area contributed by atoms with E-state index in [1.54, 1.807) is 24.4 Å². The zero-order valence-electron chi connectivity index (χ0n) is 30.9. The Hall–Kier alpha value is -4.72. The van der Waals surface area contributed by atoms with Crippen LogP contribution in [0.4, 0.5) is 17.2 Å². The van der Waals surface area contributed by atoms with Gasteiger partial charge in [0.15, 0.2) is 0 Å². The zero-order valence-corrected chi connectivity index (χ0v) is 30.9. The van der Waals surface area contributed by atoms with Gasteiger partial charge in [0.05, 0.1) is 30.4 Å². The number of ether oxygens (including phenoxy) is 1. The number of likely N-dealkylation sites (N-methyl/N-ethyl adjacent to an activating group) is 1. The Labute approximate surface area is 312 Å². The summed E-state index contributed by atoms with van der Waals surface area (Å²) in [5.74, 6) is 0.0161. The van der Waals surface area contributed by atoms with Crippen LogP contribution in [0.25, 0.3) is 0 Å². The smallest absolute Gasteiger partial charge is 0.253 e. The first kappa shape index (κ1) is 36.6. The fraction of sp³-hybridized carbons (Fsp3) is 0.500. The van der Waals surface area contributed by atoms with Gasteiger partial charge in [-0.15, -0.1) is 0 Å². The SMILES string of the molecule is C[C@H](NC(=O)c1ccc(N2[C@@H]3CC[C@H]2CC(NC(=O)c2ccc(C(N)=O)c(NCCN4CCOCC4)c2)C3)nc1)c1ccc(N2CCN(C)CC2)cc1. The summed E-state index contributed by atoms with van der Waals surface area (Å²) in [5, 5.41) is 9.72. The molecule has 282 valence electrons. The van der Waals surface area contributed by atoms with E-state index >= 15 is 0 Å². The maximum atomic E-state index is 13.5. The van der Waals surface area contributed by atoms with Gasteiger partial charge in [0.1, 0.15) is 5.82 Å². The summed E-state index contributed by atoms with van der Waals surface area (Å²) in [4.78, 5) is 53.0. The quantitative estimate of drug-likeness (QED) is 0.220. The van der Waals surface area contributed by atoms with Gasteiger partial charge in [-0.1, -0.05) is 12.1 Å². The van der Waals surface area contributed by atoms with Crippen molar-refractivity contribution in [3.8, 4) is 0 Å². The number of benzene rings is 2. The molecule has 0 aliphatic carbocycles. The Bertz CT molecular complexity index is 1730. The molecule has 0 spiro atoms. The van der Waals surface area contributed by atoms with Crippen LogP contribution in [0, 0.1) is 0 Å². The molecule has 53 heavy (non-hydrogen) atoms. The molecule has 3 aromatic rings. The van der Waals surface area contributed by atoms with Gasteiger partial charge < -0.3 is 41.1 Å². The number of carbonyl (C=O) groups excluding carboxylic acids is 3. The van der Waals surface area contributed by atoms with E-state index in [0.29, 0.717) is 28.9 Å². The molecule has 0 saturated carbocycles. The van der Waals surface area contributed by atoms with Crippen molar-refractivity contribution >= 4 is 34.9 Å². The number of carbonyl (C=O) groups is 3. The molecule has 4 aliphatic rings. The van der Waals surface area contributed by atoms with E-state index in [-0.39, 0.29) is 36.0 Å². The molecule has 1 unspecified atom stereocenters. The molecule has 4 atom stereocenters. The molecule has 13 nitrogen and oxygen atoms in total. The van der Waals surface area contributed by atoms with Crippen LogP contribution in [-0.2, 0) is 4.74 Å².